The first-order chi connectivity index (χ1) is 23.0. The molecule has 3 N–H and O–H groups in total. The maximum absolute atomic E-state index is 12.8. The minimum Gasteiger partial charge on any atom is -0.387 e. The average Bonchev–Trinajstić information content (AvgIpc) is 3.02. The van der Waals surface area contributed by atoms with E-state index in [2.05, 4.69) is 43.5 Å². The molecule has 282 valence electrons. The van der Waals surface area contributed by atoms with E-state index in [4.69, 9.17) is 9.05 Å². The molecule has 48 heavy (non-hydrogen) atoms. The summed E-state index contributed by atoms with van der Waals surface area (Å²) in [4.78, 5) is 23.0. The zero-order chi connectivity index (χ0) is 35.8. The van der Waals surface area contributed by atoms with Gasteiger partial charge in [0, 0.05) is 6.42 Å². The molecule has 0 aliphatic carbocycles. The highest BCUT2D eigenvalue weighted by atomic mass is 31.2. The third-order valence-corrected chi connectivity index (χ3v) is 9.32. The highest BCUT2D eigenvalue weighted by molar-refractivity contribution is 7.47. The zero-order valence-electron chi connectivity index (χ0n) is 31.7. The van der Waals surface area contributed by atoms with Crippen molar-refractivity contribution in [1.29, 1.82) is 0 Å². The van der Waals surface area contributed by atoms with E-state index in [-0.39, 0.29) is 19.1 Å². The Morgan fingerprint density at radius 3 is 1.65 bits per heavy atom. The SMILES string of the molecule is CCCC/C=C/CC/C=C/CC/C=C/C(O)C(COP(=O)(O)OCC[N+](C)(C)C)NC(=O)CCCCCCCCCCCCCCCC. The van der Waals surface area contributed by atoms with Crippen molar-refractivity contribution in [1.82, 2.24) is 5.32 Å². The second-order valence-electron chi connectivity index (χ2n) is 14.3. The number of carbonyl (C=O) groups is 1. The molecule has 0 aliphatic rings. The summed E-state index contributed by atoms with van der Waals surface area (Å²) >= 11 is 0. The van der Waals surface area contributed by atoms with Gasteiger partial charge >= 0.3 is 7.82 Å². The fraction of sp³-hybridized carbons (Fsp3) is 0.821. The van der Waals surface area contributed by atoms with Gasteiger partial charge in [-0.2, -0.15) is 0 Å². The number of aliphatic hydroxyl groups is 1. The van der Waals surface area contributed by atoms with Gasteiger partial charge in [0.25, 0.3) is 0 Å². The van der Waals surface area contributed by atoms with Crippen molar-refractivity contribution >= 4 is 13.7 Å². The minimum atomic E-state index is -4.34. The van der Waals surface area contributed by atoms with Crippen LogP contribution in [0.4, 0.5) is 0 Å². The lowest BCUT2D eigenvalue weighted by atomic mass is 10.0. The molecule has 0 bridgehead atoms. The molecule has 0 aromatic heterocycles. The second kappa shape index (κ2) is 31.7. The van der Waals surface area contributed by atoms with E-state index in [0.29, 0.717) is 17.4 Å². The first kappa shape index (κ1) is 46.7. The van der Waals surface area contributed by atoms with Crippen LogP contribution in [0, 0.1) is 0 Å². The van der Waals surface area contributed by atoms with E-state index in [1.165, 1.54) is 83.5 Å². The Morgan fingerprint density at radius 1 is 0.688 bits per heavy atom. The lowest BCUT2D eigenvalue weighted by Crippen LogP contribution is -2.45. The molecule has 0 heterocycles. The molecule has 1 amide bonds. The Kier molecular flexibility index (Phi) is 30.8. The van der Waals surface area contributed by atoms with Gasteiger partial charge in [0.2, 0.25) is 5.91 Å². The topological polar surface area (TPSA) is 105 Å². The molecular formula is C39H76N2O6P+. The van der Waals surface area contributed by atoms with Gasteiger partial charge in [0.15, 0.2) is 0 Å². The van der Waals surface area contributed by atoms with Crippen LogP contribution in [0.3, 0.4) is 0 Å². The van der Waals surface area contributed by atoms with Gasteiger partial charge in [-0.15, -0.1) is 0 Å². The van der Waals surface area contributed by atoms with Crippen molar-refractivity contribution in [2.24, 2.45) is 0 Å². The van der Waals surface area contributed by atoms with E-state index < -0.39 is 20.0 Å². The lowest BCUT2D eigenvalue weighted by molar-refractivity contribution is -0.870. The lowest BCUT2D eigenvalue weighted by Gasteiger charge is -2.25. The third-order valence-electron chi connectivity index (χ3n) is 8.34. The highest BCUT2D eigenvalue weighted by Gasteiger charge is 2.27. The number of allylic oxidation sites excluding steroid dienone is 5. The number of quaternary nitrogens is 1. The van der Waals surface area contributed by atoms with Crippen LogP contribution < -0.4 is 5.32 Å². The number of phosphoric ester groups is 1. The van der Waals surface area contributed by atoms with Crippen LogP contribution in [0.15, 0.2) is 36.5 Å². The molecular weight excluding hydrogens is 623 g/mol. The summed E-state index contributed by atoms with van der Waals surface area (Å²) in [5.74, 6) is -0.194. The van der Waals surface area contributed by atoms with E-state index >= 15 is 0 Å². The maximum Gasteiger partial charge on any atom is 0.472 e. The van der Waals surface area contributed by atoms with E-state index in [9.17, 15) is 19.4 Å². The van der Waals surface area contributed by atoms with E-state index in [1.807, 2.05) is 27.2 Å². The maximum atomic E-state index is 12.8. The molecule has 0 aromatic rings. The molecule has 0 aromatic carbocycles. The van der Waals surface area contributed by atoms with E-state index in [0.717, 1.165) is 51.4 Å². The Labute approximate surface area is 296 Å². The number of aliphatic hydroxyl groups excluding tert-OH is 1. The van der Waals surface area contributed by atoms with Gasteiger partial charge in [-0.1, -0.05) is 147 Å². The summed E-state index contributed by atoms with van der Waals surface area (Å²) in [5.41, 5.74) is 0. The largest absolute Gasteiger partial charge is 0.472 e. The summed E-state index contributed by atoms with van der Waals surface area (Å²) in [6.07, 6.45) is 36.4. The van der Waals surface area contributed by atoms with Crippen LogP contribution in [0.25, 0.3) is 0 Å². The Balaban J connectivity index is 4.58. The van der Waals surface area contributed by atoms with Crippen LogP contribution in [0.5, 0.6) is 0 Å². The number of carbonyl (C=O) groups excluding carboxylic acids is 1. The molecule has 8 nitrogen and oxygen atoms in total. The van der Waals surface area contributed by atoms with Gasteiger partial charge < -0.3 is 19.8 Å². The number of unbranched alkanes of at least 4 members (excludes halogenated alkanes) is 17. The number of amides is 1. The monoisotopic (exact) mass is 700 g/mol. The summed E-state index contributed by atoms with van der Waals surface area (Å²) < 4.78 is 23.4. The molecule has 0 fully saturated rings. The standard InChI is InChI=1S/C39H75N2O6P/c1-6-8-10-12-14-16-18-20-21-23-25-27-29-31-33-39(43)40-37(36-47-48(44,45)46-35-34-41(3,4)5)38(42)32-30-28-26-24-22-19-17-15-13-11-9-7-2/h13,15,22,24,30,32,37-38,42H,6-12,14,16-21,23,25-29,31,33-36H2,1-5H3,(H-,40,43,44,45)/p+1/b15-13+,24-22+,32-30+. The van der Waals surface area contributed by atoms with E-state index in [1.54, 1.807) is 6.08 Å². The number of nitrogens with one attached hydrogen (secondary N) is 1. The molecule has 3 unspecified atom stereocenters. The van der Waals surface area contributed by atoms with Crippen LogP contribution >= 0.6 is 7.82 Å². The Bertz CT molecular complexity index is 886. The van der Waals surface area contributed by atoms with Gasteiger partial charge in [-0.3, -0.25) is 13.8 Å². The van der Waals surface area contributed by atoms with Crippen LogP contribution in [0.2, 0.25) is 0 Å². The fourth-order valence-corrected chi connectivity index (χ4v) is 5.91. The number of nitrogens with zero attached hydrogens (tertiary/aromatic N) is 1. The molecule has 9 heteroatoms. The Morgan fingerprint density at radius 2 is 1.15 bits per heavy atom. The summed E-state index contributed by atoms with van der Waals surface area (Å²) in [6, 6.07) is -0.863. The van der Waals surface area contributed by atoms with Crippen molar-refractivity contribution in [3.8, 4) is 0 Å². The molecule has 0 aliphatic heterocycles. The van der Waals surface area contributed by atoms with Crippen molar-refractivity contribution in [3.63, 3.8) is 0 Å². The molecule has 0 saturated carbocycles. The predicted molar refractivity (Wildman–Crippen MR) is 203 cm³/mol. The minimum absolute atomic E-state index is 0.0541. The normalized spacial score (nSPS) is 15.1. The van der Waals surface area contributed by atoms with Crippen molar-refractivity contribution in [3.05, 3.63) is 36.5 Å². The first-order valence-corrected chi connectivity index (χ1v) is 20.9. The van der Waals surface area contributed by atoms with Crippen LogP contribution in [-0.4, -0.2) is 73.4 Å². The van der Waals surface area contributed by atoms with Crippen LogP contribution in [-0.2, 0) is 18.4 Å². The predicted octanol–water partition coefficient (Wildman–Crippen LogP) is 9.96. The fourth-order valence-electron chi connectivity index (χ4n) is 5.17. The molecule has 0 saturated heterocycles. The van der Waals surface area contributed by atoms with Gasteiger partial charge in [0.05, 0.1) is 39.9 Å². The van der Waals surface area contributed by atoms with Crippen LogP contribution in [0.1, 0.15) is 155 Å². The highest BCUT2D eigenvalue weighted by Crippen LogP contribution is 2.43. The van der Waals surface area contributed by atoms with Gasteiger partial charge in [-0.05, 0) is 38.5 Å². The first-order valence-electron chi connectivity index (χ1n) is 19.4. The zero-order valence-corrected chi connectivity index (χ0v) is 32.6. The summed E-state index contributed by atoms with van der Waals surface area (Å²) in [5, 5.41) is 13.7. The number of phosphoric acid groups is 1. The molecule has 0 radical (unpaired) electrons. The number of hydrogen-bond donors (Lipinski definition) is 3. The number of hydrogen-bond acceptors (Lipinski definition) is 5. The molecule has 0 spiro atoms. The van der Waals surface area contributed by atoms with Crippen molar-refractivity contribution in [2.75, 3.05) is 40.9 Å². The number of rotatable bonds is 34. The third kappa shape index (κ3) is 33.2. The van der Waals surface area contributed by atoms with Gasteiger partial charge in [-0.25, -0.2) is 4.57 Å². The Hall–Kier alpha value is -1.28. The average molecular weight is 700 g/mol. The molecule has 0 rings (SSSR count). The van der Waals surface area contributed by atoms with Crippen molar-refractivity contribution in [2.45, 2.75) is 167 Å². The smallest absolute Gasteiger partial charge is 0.387 e. The summed E-state index contributed by atoms with van der Waals surface area (Å²) in [6.45, 7) is 4.71. The summed E-state index contributed by atoms with van der Waals surface area (Å²) in [7, 11) is 1.54. The molecule has 3 atom stereocenters. The van der Waals surface area contributed by atoms with Crippen molar-refractivity contribution < 1.29 is 32.9 Å². The van der Waals surface area contributed by atoms with Gasteiger partial charge in [0.1, 0.15) is 13.2 Å². The number of likely N-dealkylation sites (N-methyl/N-ethyl adjacent to an activating group) is 1. The quantitative estimate of drug-likeness (QED) is 0.0267. The second-order valence-corrected chi connectivity index (χ2v) is 15.7.